The van der Waals surface area contributed by atoms with E-state index in [0.29, 0.717) is 17.3 Å². The van der Waals surface area contributed by atoms with Crippen LogP contribution in [0.1, 0.15) is 30.4 Å². The minimum atomic E-state index is -0.246. The van der Waals surface area contributed by atoms with E-state index in [-0.39, 0.29) is 17.6 Å². The summed E-state index contributed by atoms with van der Waals surface area (Å²) in [6, 6.07) is 16.3. The first-order valence-corrected chi connectivity index (χ1v) is 9.96. The zero-order valence-corrected chi connectivity index (χ0v) is 15.8. The van der Waals surface area contributed by atoms with E-state index in [9.17, 15) is 9.18 Å². The lowest BCUT2D eigenvalue weighted by molar-refractivity contribution is -0.116. The zero-order valence-electron chi connectivity index (χ0n) is 14.2. The number of halogens is 1. The molecule has 0 saturated heterocycles. The van der Waals surface area contributed by atoms with Crippen molar-refractivity contribution in [3.8, 4) is 0 Å². The molecule has 134 valence electrons. The monoisotopic (exact) mass is 387 g/mol. The largest absolute Gasteiger partial charge is 0.300 e. The minimum Gasteiger partial charge on any atom is -0.300 e. The molecule has 3 aromatic rings. The SMILES string of the molecule is CC(CC(=O)Nc1nnc(SCc2ccc(F)cc2)s1)c1ccccc1. The average Bonchev–Trinajstić information content (AvgIpc) is 3.09. The Morgan fingerprint density at radius 1 is 1.15 bits per heavy atom. The first kappa shape index (κ1) is 18.5. The molecule has 0 saturated carbocycles. The van der Waals surface area contributed by atoms with E-state index >= 15 is 0 Å². The Morgan fingerprint density at radius 3 is 2.62 bits per heavy atom. The third-order valence-corrected chi connectivity index (χ3v) is 5.83. The summed E-state index contributed by atoms with van der Waals surface area (Å²) in [6.45, 7) is 2.03. The summed E-state index contributed by atoms with van der Waals surface area (Å²) >= 11 is 2.85. The number of hydrogen-bond acceptors (Lipinski definition) is 5. The van der Waals surface area contributed by atoms with Crippen LogP contribution in [0.4, 0.5) is 9.52 Å². The molecule has 1 amide bonds. The second kappa shape index (κ2) is 8.91. The van der Waals surface area contributed by atoms with Crippen LogP contribution in [0.15, 0.2) is 58.9 Å². The molecule has 1 atom stereocenters. The molecule has 1 heterocycles. The van der Waals surface area contributed by atoms with Gasteiger partial charge in [0, 0.05) is 12.2 Å². The summed E-state index contributed by atoms with van der Waals surface area (Å²) in [6.07, 6.45) is 0.391. The van der Waals surface area contributed by atoms with Crippen LogP contribution in [0.25, 0.3) is 0 Å². The van der Waals surface area contributed by atoms with Crippen LogP contribution in [0, 0.1) is 5.82 Å². The first-order valence-electron chi connectivity index (χ1n) is 8.15. The molecule has 3 rings (SSSR count). The normalized spacial score (nSPS) is 11.9. The number of carbonyl (C=O) groups excluding carboxylic acids is 1. The van der Waals surface area contributed by atoms with Gasteiger partial charge in [-0.05, 0) is 29.2 Å². The number of benzene rings is 2. The predicted octanol–water partition coefficient (Wildman–Crippen LogP) is 5.10. The van der Waals surface area contributed by atoms with Crippen LogP contribution in [0.3, 0.4) is 0 Å². The third-order valence-electron chi connectivity index (χ3n) is 3.79. The molecule has 0 aliphatic rings. The van der Waals surface area contributed by atoms with Gasteiger partial charge in [-0.25, -0.2) is 4.39 Å². The summed E-state index contributed by atoms with van der Waals surface area (Å²) in [5.41, 5.74) is 2.14. The summed E-state index contributed by atoms with van der Waals surface area (Å²) in [4.78, 5) is 12.2. The molecule has 0 radical (unpaired) electrons. The van der Waals surface area contributed by atoms with E-state index < -0.39 is 0 Å². The van der Waals surface area contributed by atoms with Crippen LogP contribution in [0.2, 0.25) is 0 Å². The number of rotatable bonds is 7. The van der Waals surface area contributed by atoms with Gasteiger partial charge in [0.25, 0.3) is 0 Å². The van der Waals surface area contributed by atoms with Crippen LogP contribution in [0.5, 0.6) is 0 Å². The van der Waals surface area contributed by atoms with E-state index in [1.165, 1.54) is 35.2 Å². The van der Waals surface area contributed by atoms with Gasteiger partial charge in [-0.2, -0.15) is 0 Å². The molecule has 0 aliphatic carbocycles. The van der Waals surface area contributed by atoms with Gasteiger partial charge in [0.15, 0.2) is 4.34 Å². The molecule has 7 heteroatoms. The number of nitrogens with one attached hydrogen (secondary N) is 1. The van der Waals surface area contributed by atoms with E-state index in [1.807, 2.05) is 37.3 Å². The molecule has 26 heavy (non-hydrogen) atoms. The zero-order chi connectivity index (χ0) is 18.4. The molecule has 0 bridgehead atoms. The van der Waals surface area contributed by atoms with Gasteiger partial charge in [0.1, 0.15) is 5.82 Å². The van der Waals surface area contributed by atoms with Crippen molar-refractivity contribution >= 4 is 34.1 Å². The molecule has 2 aromatic carbocycles. The first-order chi connectivity index (χ1) is 12.6. The fraction of sp³-hybridized carbons (Fsp3) is 0.211. The topological polar surface area (TPSA) is 54.9 Å². The van der Waals surface area contributed by atoms with Gasteiger partial charge < -0.3 is 5.32 Å². The molecule has 4 nitrogen and oxygen atoms in total. The van der Waals surface area contributed by atoms with E-state index in [1.54, 1.807) is 12.1 Å². The maximum absolute atomic E-state index is 12.9. The van der Waals surface area contributed by atoms with Crippen molar-refractivity contribution in [2.45, 2.75) is 29.4 Å². The summed E-state index contributed by atoms with van der Waals surface area (Å²) < 4.78 is 13.7. The summed E-state index contributed by atoms with van der Waals surface area (Å²) in [7, 11) is 0. The van der Waals surface area contributed by atoms with Crippen molar-refractivity contribution in [2.24, 2.45) is 0 Å². The van der Waals surface area contributed by atoms with Crippen LogP contribution < -0.4 is 5.32 Å². The minimum absolute atomic E-state index is 0.0763. The van der Waals surface area contributed by atoms with Gasteiger partial charge >= 0.3 is 0 Å². The molecule has 1 unspecified atom stereocenters. The van der Waals surface area contributed by atoms with Crippen molar-refractivity contribution in [3.63, 3.8) is 0 Å². The number of nitrogens with zero attached hydrogens (tertiary/aromatic N) is 2. The van der Waals surface area contributed by atoms with Gasteiger partial charge in [-0.15, -0.1) is 10.2 Å². The smallest absolute Gasteiger partial charge is 0.226 e. The lowest BCUT2D eigenvalue weighted by atomic mass is 9.98. The standard InChI is InChI=1S/C19H18FN3OS2/c1-13(15-5-3-2-4-6-15)11-17(24)21-18-22-23-19(26-18)25-12-14-7-9-16(20)10-8-14/h2-10,13H,11-12H2,1H3,(H,21,22,24). The molecular formula is C19H18FN3OS2. The highest BCUT2D eigenvalue weighted by Crippen LogP contribution is 2.29. The Hall–Kier alpha value is -2.25. The number of aromatic nitrogens is 2. The Morgan fingerprint density at radius 2 is 1.88 bits per heavy atom. The quantitative estimate of drug-likeness (QED) is 0.452. The number of carbonyl (C=O) groups is 1. The van der Waals surface area contributed by atoms with Gasteiger partial charge in [-0.3, -0.25) is 4.79 Å². The van der Waals surface area contributed by atoms with Crippen molar-refractivity contribution in [1.29, 1.82) is 0 Å². The lowest BCUT2D eigenvalue weighted by Crippen LogP contribution is -2.14. The Labute approximate surface area is 159 Å². The van der Waals surface area contributed by atoms with Crippen molar-refractivity contribution < 1.29 is 9.18 Å². The van der Waals surface area contributed by atoms with Gasteiger partial charge in [-0.1, -0.05) is 72.5 Å². The Bertz CT molecular complexity index is 853. The third kappa shape index (κ3) is 5.37. The Balaban J connectivity index is 1.49. The Kier molecular flexibility index (Phi) is 6.35. The number of anilines is 1. The lowest BCUT2D eigenvalue weighted by Gasteiger charge is -2.10. The predicted molar refractivity (Wildman–Crippen MR) is 104 cm³/mol. The highest BCUT2D eigenvalue weighted by molar-refractivity contribution is 8.00. The second-order valence-electron chi connectivity index (χ2n) is 5.85. The van der Waals surface area contributed by atoms with Crippen LogP contribution in [-0.2, 0) is 10.5 Å². The summed E-state index contributed by atoms with van der Waals surface area (Å²) in [5, 5.41) is 11.4. The molecule has 1 aromatic heterocycles. The maximum Gasteiger partial charge on any atom is 0.226 e. The van der Waals surface area contributed by atoms with Gasteiger partial charge in [0.2, 0.25) is 11.0 Å². The van der Waals surface area contributed by atoms with E-state index in [0.717, 1.165) is 15.5 Å². The number of amides is 1. The highest BCUT2D eigenvalue weighted by atomic mass is 32.2. The van der Waals surface area contributed by atoms with Crippen molar-refractivity contribution in [2.75, 3.05) is 5.32 Å². The number of hydrogen-bond donors (Lipinski definition) is 1. The fourth-order valence-corrected chi connectivity index (χ4v) is 4.12. The second-order valence-corrected chi connectivity index (χ2v) is 8.05. The van der Waals surface area contributed by atoms with Crippen molar-refractivity contribution in [1.82, 2.24) is 10.2 Å². The van der Waals surface area contributed by atoms with E-state index in [2.05, 4.69) is 15.5 Å². The van der Waals surface area contributed by atoms with Crippen molar-refractivity contribution in [3.05, 3.63) is 71.5 Å². The molecule has 0 spiro atoms. The fourth-order valence-electron chi connectivity index (χ4n) is 2.39. The molecule has 0 fully saturated rings. The van der Waals surface area contributed by atoms with Crippen LogP contribution in [-0.4, -0.2) is 16.1 Å². The van der Waals surface area contributed by atoms with Crippen LogP contribution >= 0.6 is 23.1 Å². The molecule has 0 aliphatic heterocycles. The maximum atomic E-state index is 12.9. The van der Waals surface area contributed by atoms with Gasteiger partial charge in [0.05, 0.1) is 0 Å². The average molecular weight is 388 g/mol. The molecule has 1 N–H and O–H groups in total. The number of thioether (sulfide) groups is 1. The highest BCUT2D eigenvalue weighted by Gasteiger charge is 2.13. The molecular weight excluding hydrogens is 369 g/mol. The summed E-state index contributed by atoms with van der Waals surface area (Å²) in [5.74, 6) is 0.488. The van der Waals surface area contributed by atoms with E-state index in [4.69, 9.17) is 0 Å².